The van der Waals surface area contributed by atoms with E-state index in [1.807, 2.05) is 12.1 Å². The molecule has 0 aliphatic carbocycles. The molecule has 110 valence electrons. The number of fused-ring (bicyclic) bond motifs is 1. The van der Waals surface area contributed by atoms with Crippen molar-refractivity contribution < 1.29 is 14.2 Å². The van der Waals surface area contributed by atoms with Crippen LogP contribution in [-0.4, -0.2) is 11.7 Å². The lowest BCUT2D eigenvalue weighted by molar-refractivity contribution is 0.214. The van der Waals surface area contributed by atoms with Crippen molar-refractivity contribution in [3.8, 4) is 5.75 Å². The molecule has 1 heterocycles. The minimum Gasteiger partial charge on any atom is -0.492 e. The zero-order valence-corrected chi connectivity index (χ0v) is 13.4. The third-order valence-corrected chi connectivity index (χ3v) is 4.39. The van der Waals surface area contributed by atoms with Crippen LogP contribution in [0.3, 0.4) is 0 Å². The normalized spacial score (nSPS) is 17.2. The Balaban J connectivity index is 2.01. The SMILES string of the molecule is CC1(C)COc2ccc(C(O)c3ccc(Br)cc3F)cc21. The van der Waals surface area contributed by atoms with E-state index >= 15 is 0 Å². The fourth-order valence-corrected chi connectivity index (χ4v) is 2.94. The van der Waals surface area contributed by atoms with E-state index in [-0.39, 0.29) is 11.0 Å². The van der Waals surface area contributed by atoms with E-state index in [2.05, 4.69) is 29.8 Å². The van der Waals surface area contributed by atoms with Crippen molar-refractivity contribution in [1.82, 2.24) is 0 Å². The predicted molar refractivity (Wildman–Crippen MR) is 83.1 cm³/mol. The summed E-state index contributed by atoms with van der Waals surface area (Å²) in [5, 5.41) is 10.5. The maximum Gasteiger partial charge on any atom is 0.130 e. The molecule has 1 aliphatic heterocycles. The first-order valence-electron chi connectivity index (χ1n) is 6.79. The molecule has 0 aromatic heterocycles. The second kappa shape index (κ2) is 5.11. The molecular weight excluding hydrogens is 335 g/mol. The van der Waals surface area contributed by atoms with Crippen LogP contribution < -0.4 is 4.74 Å². The summed E-state index contributed by atoms with van der Waals surface area (Å²) in [7, 11) is 0. The molecule has 1 aliphatic rings. The Hall–Kier alpha value is -1.39. The van der Waals surface area contributed by atoms with Gasteiger partial charge in [-0.3, -0.25) is 0 Å². The van der Waals surface area contributed by atoms with Crippen LogP contribution in [0.1, 0.15) is 36.6 Å². The van der Waals surface area contributed by atoms with Crippen LogP contribution in [0, 0.1) is 5.82 Å². The van der Waals surface area contributed by atoms with Gasteiger partial charge in [0.05, 0.1) is 6.61 Å². The van der Waals surface area contributed by atoms with E-state index < -0.39 is 11.9 Å². The van der Waals surface area contributed by atoms with Crippen LogP contribution in [-0.2, 0) is 5.41 Å². The number of aliphatic hydroxyl groups excluding tert-OH is 1. The molecule has 0 amide bonds. The largest absolute Gasteiger partial charge is 0.492 e. The number of benzene rings is 2. The fraction of sp³-hybridized carbons (Fsp3) is 0.294. The number of ether oxygens (including phenoxy) is 1. The average Bonchev–Trinajstić information content (AvgIpc) is 2.74. The third kappa shape index (κ3) is 2.58. The van der Waals surface area contributed by atoms with Gasteiger partial charge < -0.3 is 9.84 Å². The van der Waals surface area contributed by atoms with Gasteiger partial charge in [0.1, 0.15) is 17.7 Å². The molecule has 1 N–H and O–H groups in total. The van der Waals surface area contributed by atoms with Gasteiger partial charge >= 0.3 is 0 Å². The maximum atomic E-state index is 14.0. The van der Waals surface area contributed by atoms with Gasteiger partial charge in [-0.2, -0.15) is 0 Å². The number of rotatable bonds is 2. The summed E-state index contributed by atoms with van der Waals surface area (Å²) in [6, 6.07) is 10.2. The molecule has 0 saturated heterocycles. The molecule has 0 fully saturated rings. The summed E-state index contributed by atoms with van der Waals surface area (Å²) in [5.74, 6) is 0.417. The minimum absolute atomic E-state index is 0.0939. The highest BCUT2D eigenvalue weighted by Gasteiger charge is 2.32. The topological polar surface area (TPSA) is 29.5 Å². The van der Waals surface area contributed by atoms with E-state index in [1.54, 1.807) is 18.2 Å². The standard InChI is InChI=1S/C17H16BrFO2/c1-17(2)9-21-15-6-3-10(7-13(15)17)16(20)12-5-4-11(18)8-14(12)19/h3-8,16,20H,9H2,1-2H3. The fourth-order valence-electron chi connectivity index (χ4n) is 2.61. The van der Waals surface area contributed by atoms with Crippen molar-refractivity contribution in [2.45, 2.75) is 25.4 Å². The van der Waals surface area contributed by atoms with Gasteiger partial charge in [0.2, 0.25) is 0 Å². The van der Waals surface area contributed by atoms with Crippen LogP contribution in [0.4, 0.5) is 4.39 Å². The van der Waals surface area contributed by atoms with Gasteiger partial charge in [-0.15, -0.1) is 0 Å². The zero-order valence-electron chi connectivity index (χ0n) is 11.9. The Morgan fingerprint density at radius 3 is 2.71 bits per heavy atom. The molecule has 4 heteroatoms. The second-order valence-corrected chi connectivity index (χ2v) is 6.91. The summed E-state index contributed by atoms with van der Waals surface area (Å²) in [6.07, 6.45) is -0.986. The number of hydrogen-bond donors (Lipinski definition) is 1. The molecule has 3 rings (SSSR count). The highest BCUT2D eigenvalue weighted by Crippen LogP contribution is 2.40. The molecule has 2 aromatic rings. The predicted octanol–water partition coefficient (Wildman–Crippen LogP) is 4.34. The van der Waals surface area contributed by atoms with Crippen LogP contribution >= 0.6 is 15.9 Å². The molecule has 1 unspecified atom stereocenters. The van der Waals surface area contributed by atoms with Crippen molar-refractivity contribution in [1.29, 1.82) is 0 Å². The van der Waals surface area contributed by atoms with Gasteiger partial charge in [0.25, 0.3) is 0 Å². The van der Waals surface area contributed by atoms with Crippen LogP contribution in [0.2, 0.25) is 0 Å². The Morgan fingerprint density at radius 1 is 1.24 bits per heavy atom. The summed E-state index contributed by atoms with van der Waals surface area (Å²) in [6.45, 7) is 4.80. The van der Waals surface area contributed by atoms with E-state index in [1.165, 1.54) is 6.07 Å². The smallest absolute Gasteiger partial charge is 0.130 e. The quantitative estimate of drug-likeness (QED) is 0.872. The van der Waals surface area contributed by atoms with Gasteiger partial charge in [-0.25, -0.2) is 4.39 Å². The van der Waals surface area contributed by atoms with Crippen molar-refractivity contribution in [2.75, 3.05) is 6.61 Å². The van der Waals surface area contributed by atoms with Crippen LogP contribution in [0.25, 0.3) is 0 Å². The Morgan fingerprint density at radius 2 is 2.00 bits per heavy atom. The van der Waals surface area contributed by atoms with E-state index in [0.717, 1.165) is 11.3 Å². The van der Waals surface area contributed by atoms with Crippen LogP contribution in [0.5, 0.6) is 5.75 Å². The maximum absolute atomic E-state index is 14.0. The van der Waals surface area contributed by atoms with Gasteiger partial charge in [-0.05, 0) is 29.8 Å². The highest BCUT2D eigenvalue weighted by molar-refractivity contribution is 9.10. The van der Waals surface area contributed by atoms with Crippen molar-refractivity contribution in [3.05, 3.63) is 63.4 Å². The number of halogens is 2. The molecule has 0 radical (unpaired) electrons. The third-order valence-electron chi connectivity index (χ3n) is 3.89. The van der Waals surface area contributed by atoms with E-state index in [0.29, 0.717) is 16.6 Å². The van der Waals surface area contributed by atoms with Crippen molar-refractivity contribution >= 4 is 15.9 Å². The molecule has 2 nitrogen and oxygen atoms in total. The van der Waals surface area contributed by atoms with Crippen molar-refractivity contribution in [2.24, 2.45) is 0 Å². The molecule has 0 saturated carbocycles. The van der Waals surface area contributed by atoms with Gasteiger partial charge in [-0.1, -0.05) is 41.9 Å². The molecule has 2 aromatic carbocycles. The molecule has 0 bridgehead atoms. The Bertz CT molecular complexity index is 697. The highest BCUT2D eigenvalue weighted by atomic mass is 79.9. The lowest BCUT2D eigenvalue weighted by Crippen LogP contribution is -2.18. The molecule has 21 heavy (non-hydrogen) atoms. The van der Waals surface area contributed by atoms with Crippen molar-refractivity contribution in [3.63, 3.8) is 0 Å². The first-order chi connectivity index (χ1) is 9.88. The molecular formula is C17H16BrFO2. The van der Waals surface area contributed by atoms with E-state index in [9.17, 15) is 9.50 Å². The Labute approximate surface area is 131 Å². The summed E-state index contributed by atoms with van der Waals surface area (Å²) < 4.78 is 20.3. The Kier molecular flexibility index (Phi) is 3.54. The minimum atomic E-state index is -0.986. The first-order valence-corrected chi connectivity index (χ1v) is 7.58. The summed E-state index contributed by atoms with van der Waals surface area (Å²) >= 11 is 3.22. The lowest BCUT2D eigenvalue weighted by atomic mass is 9.85. The van der Waals surface area contributed by atoms with E-state index in [4.69, 9.17) is 4.74 Å². The van der Waals surface area contributed by atoms with Crippen LogP contribution in [0.15, 0.2) is 40.9 Å². The summed E-state index contributed by atoms with van der Waals surface area (Å²) in [5.41, 5.74) is 1.91. The van der Waals surface area contributed by atoms with Gasteiger partial charge in [0, 0.05) is 21.0 Å². The first kappa shape index (κ1) is 14.5. The second-order valence-electron chi connectivity index (χ2n) is 6.00. The number of hydrogen-bond acceptors (Lipinski definition) is 2. The monoisotopic (exact) mass is 350 g/mol. The average molecular weight is 351 g/mol. The number of aliphatic hydroxyl groups is 1. The zero-order chi connectivity index (χ0) is 15.2. The molecule has 0 spiro atoms. The van der Waals surface area contributed by atoms with Gasteiger partial charge in [0.15, 0.2) is 0 Å². The molecule has 1 atom stereocenters. The lowest BCUT2D eigenvalue weighted by Gasteiger charge is -2.18. The summed E-state index contributed by atoms with van der Waals surface area (Å²) in [4.78, 5) is 0.